The molecule has 0 saturated carbocycles. The van der Waals surface area contributed by atoms with Gasteiger partial charge in [0.2, 0.25) is 10.0 Å². The lowest BCUT2D eigenvalue weighted by atomic mass is 10.0. The number of carbonyl (C=O) groups excluding carboxylic acids is 1. The SMILES string of the molecule is O=C(O)CCNC(=O)c1sccc1S(=O)(=O)N1CCc2ccccc2C1. The lowest BCUT2D eigenvalue weighted by Crippen LogP contribution is -2.37. The van der Waals surface area contributed by atoms with Gasteiger partial charge in [-0.15, -0.1) is 11.3 Å². The van der Waals surface area contributed by atoms with Crippen molar-refractivity contribution in [1.29, 1.82) is 0 Å². The highest BCUT2D eigenvalue weighted by atomic mass is 32.2. The Labute approximate surface area is 155 Å². The van der Waals surface area contributed by atoms with Gasteiger partial charge in [0.05, 0.1) is 6.42 Å². The Morgan fingerprint density at radius 1 is 1.19 bits per heavy atom. The number of aliphatic carboxylic acids is 1. The molecule has 0 unspecified atom stereocenters. The Bertz CT molecular complexity index is 936. The summed E-state index contributed by atoms with van der Waals surface area (Å²) in [5.41, 5.74) is 2.10. The number of fused-ring (bicyclic) bond motifs is 1. The molecule has 3 rings (SSSR count). The van der Waals surface area contributed by atoms with E-state index >= 15 is 0 Å². The van der Waals surface area contributed by atoms with E-state index in [1.807, 2.05) is 24.3 Å². The minimum atomic E-state index is -3.81. The smallest absolute Gasteiger partial charge is 0.305 e. The maximum Gasteiger partial charge on any atom is 0.305 e. The van der Waals surface area contributed by atoms with Gasteiger partial charge in [-0.2, -0.15) is 4.31 Å². The molecular formula is C17H18N2O5S2. The second-order valence-corrected chi connectivity index (χ2v) is 8.69. The van der Waals surface area contributed by atoms with Crippen molar-refractivity contribution >= 4 is 33.2 Å². The van der Waals surface area contributed by atoms with Crippen molar-refractivity contribution in [3.63, 3.8) is 0 Å². The van der Waals surface area contributed by atoms with E-state index in [1.54, 1.807) is 5.38 Å². The monoisotopic (exact) mass is 394 g/mol. The number of benzene rings is 1. The van der Waals surface area contributed by atoms with Gasteiger partial charge in [0.15, 0.2) is 0 Å². The third-order valence-electron chi connectivity index (χ3n) is 4.17. The van der Waals surface area contributed by atoms with Gasteiger partial charge in [-0.3, -0.25) is 9.59 Å². The van der Waals surface area contributed by atoms with Gasteiger partial charge in [0.1, 0.15) is 9.77 Å². The van der Waals surface area contributed by atoms with E-state index in [4.69, 9.17) is 5.11 Å². The van der Waals surface area contributed by atoms with Crippen LogP contribution in [0.5, 0.6) is 0 Å². The zero-order valence-corrected chi connectivity index (χ0v) is 15.5. The summed E-state index contributed by atoms with van der Waals surface area (Å²) in [6.07, 6.45) is 0.405. The number of carboxylic acid groups (broad SMARTS) is 1. The summed E-state index contributed by atoms with van der Waals surface area (Å²) in [5.74, 6) is -1.60. The predicted molar refractivity (Wildman–Crippen MR) is 96.6 cm³/mol. The largest absolute Gasteiger partial charge is 0.481 e. The highest BCUT2D eigenvalue weighted by Crippen LogP contribution is 2.29. The maximum absolute atomic E-state index is 13.0. The number of hydrogen-bond donors (Lipinski definition) is 2. The van der Waals surface area contributed by atoms with Crippen LogP contribution >= 0.6 is 11.3 Å². The number of sulfonamides is 1. The average molecular weight is 394 g/mol. The molecule has 1 amide bonds. The molecule has 1 aliphatic heterocycles. The molecular weight excluding hydrogens is 376 g/mol. The number of thiophene rings is 1. The second kappa shape index (κ2) is 7.56. The first kappa shape index (κ1) is 18.6. The lowest BCUT2D eigenvalue weighted by Gasteiger charge is -2.28. The summed E-state index contributed by atoms with van der Waals surface area (Å²) in [4.78, 5) is 22.9. The summed E-state index contributed by atoms with van der Waals surface area (Å²) in [6, 6.07) is 9.13. The number of nitrogens with zero attached hydrogens (tertiary/aromatic N) is 1. The van der Waals surface area contributed by atoms with E-state index in [1.165, 1.54) is 10.4 Å². The molecule has 0 aliphatic carbocycles. The molecule has 7 nitrogen and oxygen atoms in total. The molecule has 0 spiro atoms. The first-order valence-corrected chi connectivity index (χ1v) is 10.4. The van der Waals surface area contributed by atoms with Crippen molar-refractivity contribution in [2.24, 2.45) is 0 Å². The predicted octanol–water partition coefficient (Wildman–Crippen LogP) is 1.70. The highest BCUT2D eigenvalue weighted by Gasteiger charge is 2.32. The van der Waals surface area contributed by atoms with Gasteiger partial charge < -0.3 is 10.4 Å². The average Bonchev–Trinajstić information content (AvgIpc) is 3.11. The molecule has 9 heteroatoms. The van der Waals surface area contributed by atoms with Crippen LogP contribution in [-0.2, 0) is 27.8 Å². The number of rotatable bonds is 6. The Kier molecular flexibility index (Phi) is 5.40. The van der Waals surface area contributed by atoms with Crippen LogP contribution < -0.4 is 5.32 Å². The van der Waals surface area contributed by atoms with Crippen LogP contribution in [0.2, 0.25) is 0 Å². The van der Waals surface area contributed by atoms with E-state index in [-0.39, 0.29) is 29.3 Å². The minimum absolute atomic E-state index is 0.0327. The molecule has 1 aromatic carbocycles. The first-order chi connectivity index (χ1) is 12.4. The summed E-state index contributed by atoms with van der Waals surface area (Å²) < 4.78 is 27.4. The van der Waals surface area contributed by atoms with Crippen LogP contribution in [-0.4, -0.2) is 42.8 Å². The number of carboxylic acids is 1. The van der Waals surface area contributed by atoms with Gasteiger partial charge in [-0.05, 0) is 29.0 Å². The van der Waals surface area contributed by atoms with Crippen molar-refractivity contribution < 1.29 is 23.1 Å². The number of hydrogen-bond acceptors (Lipinski definition) is 5. The molecule has 0 atom stereocenters. The van der Waals surface area contributed by atoms with Crippen LogP contribution in [0, 0.1) is 0 Å². The molecule has 2 heterocycles. The van der Waals surface area contributed by atoms with Gasteiger partial charge >= 0.3 is 5.97 Å². The van der Waals surface area contributed by atoms with Crippen LogP contribution in [0.1, 0.15) is 27.2 Å². The van der Waals surface area contributed by atoms with Gasteiger partial charge in [0, 0.05) is 19.6 Å². The molecule has 0 fully saturated rings. The van der Waals surface area contributed by atoms with E-state index in [9.17, 15) is 18.0 Å². The minimum Gasteiger partial charge on any atom is -0.481 e. The quantitative estimate of drug-likeness (QED) is 0.776. The fourth-order valence-electron chi connectivity index (χ4n) is 2.84. The number of nitrogens with one attached hydrogen (secondary N) is 1. The summed E-state index contributed by atoms with van der Waals surface area (Å²) in [6.45, 7) is 0.576. The van der Waals surface area contributed by atoms with Gasteiger partial charge in [-0.25, -0.2) is 8.42 Å². The zero-order chi connectivity index (χ0) is 18.7. The third kappa shape index (κ3) is 3.79. The van der Waals surface area contributed by atoms with Gasteiger partial charge in [-0.1, -0.05) is 24.3 Å². The highest BCUT2D eigenvalue weighted by molar-refractivity contribution is 7.89. The molecule has 138 valence electrons. The first-order valence-electron chi connectivity index (χ1n) is 8.04. The number of carbonyl (C=O) groups is 2. The van der Waals surface area contributed by atoms with Crippen molar-refractivity contribution in [3.05, 3.63) is 51.7 Å². The van der Waals surface area contributed by atoms with Crippen LogP contribution in [0.4, 0.5) is 0 Å². The standard InChI is InChI=1S/C17H18N2O5S2/c20-15(21)5-8-18-17(22)16-14(7-10-25-16)26(23,24)19-9-6-12-3-1-2-4-13(12)11-19/h1-4,7,10H,5-6,8-9,11H2,(H,18,22)(H,20,21). The second-order valence-electron chi connectivity index (χ2n) is 5.87. The van der Waals surface area contributed by atoms with E-state index in [2.05, 4.69) is 5.32 Å². The van der Waals surface area contributed by atoms with Crippen LogP contribution in [0.15, 0.2) is 40.6 Å². The fraction of sp³-hybridized carbons (Fsp3) is 0.294. The van der Waals surface area contributed by atoms with Crippen molar-refractivity contribution in [2.75, 3.05) is 13.1 Å². The molecule has 1 aromatic heterocycles. The normalized spacial score (nSPS) is 14.6. The van der Waals surface area contributed by atoms with Crippen LogP contribution in [0.3, 0.4) is 0 Å². The lowest BCUT2D eigenvalue weighted by molar-refractivity contribution is -0.136. The topological polar surface area (TPSA) is 104 Å². The van der Waals surface area contributed by atoms with E-state index < -0.39 is 21.9 Å². The van der Waals surface area contributed by atoms with Gasteiger partial charge in [0.25, 0.3) is 5.91 Å². The molecule has 0 bridgehead atoms. The van der Waals surface area contributed by atoms with Crippen molar-refractivity contribution in [3.8, 4) is 0 Å². The Morgan fingerprint density at radius 3 is 2.65 bits per heavy atom. The molecule has 0 radical (unpaired) electrons. The molecule has 26 heavy (non-hydrogen) atoms. The third-order valence-corrected chi connectivity index (χ3v) is 7.10. The maximum atomic E-state index is 13.0. The van der Waals surface area contributed by atoms with Crippen LogP contribution in [0.25, 0.3) is 0 Å². The van der Waals surface area contributed by atoms with Crippen molar-refractivity contribution in [2.45, 2.75) is 24.3 Å². The fourth-order valence-corrected chi connectivity index (χ4v) is 5.58. The number of amides is 1. The Balaban J connectivity index is 1.80. The summed E-state index contributed by atoms with van der Waals surface area (Å²) in [7, 11) is -3.81. The summed E-state index contributed by atoms with van der Waals surface area (Å²) >= 11 is 1.03. The summed E-state index contributed by atoms with van der Waals surface area (Å²) in [5, 5.41) is 12.6. The molecule has 2 aromatic rings. The van der Waals surface area contributed by atoms with Crippen molar-refractivity contribution in [1.82, 2.24) is 9.62 Å². The molecule has 2 N–H and O–H groups in total. The van der Waals surface area contributed by atoms with E-state index in [0.29, 0.717) is 13.0 Å². The molecule has 1 aliphatic rings. The Morgan fingerprint density at radius 2 is 1.92 bits per heavy atom. The Hall–Kier alpha value is -2.23. The molecule has 0 saturated heterocycles. The zero-order valence-electron chi connectivity index (χ0n) is 13.8. The van der Waals surface area contributed by atoms with E-state index in [0.717, 1.165) is 22.5 Å².